The molecule has 1 aromatic carbocycles. The molecule has 1 aliphatic heterocycles. The summed E-state index contributed by atoms with van der Waals surface area (Å²) in [7, 11) is 1.65. The Morgan fingerprint density at radius 1 is 1.23 bits per heavy atom. The zero-order valence-corrected chi connectivity index (χ0v) is 19.0. The lowest BCUT2D eigenvalue weighted by atomic mass is 9.92. The van der Waals surface area contributed by atoms with Gasteiger partial charge in [-0.1, -0.05) is 36.8 Å². The Labute approximate surface area is 183 Å². The third-order valence-corrected chi connectivity index (χ3v) is 6.60. The van der Waals surface area contributed by atoms with Crippen molar-refractivity contribution in [3.05, 3.63) is 57.3 Å². The van der Waals surface area contributed by atoms with E-state index < -0.39 is 0 Å². The van der Waals surface area contributed by atoms with Gasteiger partial charge in [-0.05, 0) is 48.8 Å². The topological polar surface area (TPSA) is 49.9 Å². The van der Waals surface area contributed by atoms with Crippen LogP contribution in [0.2, 0.25) is 0 Å². The average Bonchev–Trinajstić information content (AvgIpc) is 3.22. The van der Waals surface area contributed by atoms with E-state index in [-0.39, 0.29) is 24.4 Å². The van der Waals surface area contributed by atoms with Gasteiger partial charge in [-0.15, -0.1) is 11.3 Å². The van der Waals surface area contributed by atoms with Crippen molar-refractivity contribution in [2.45, 2.75) is 45.6 Å². The average molecular weight is 429 g/mol. The number of hydrogen-bond donors (Lipinski definition) is 0. The summed E-state index contributed by atoms with van der Waals surface area (Å²) in [5, 5.41) is 2.11. The van der Waals surface area contributed by atoms with Gasteiger partial charge in [0, 0.05) is 38.1 Å². The minimum absolute atomic E-state index is 0.0132. The Kier molecular flexibility index (Phi) is 8.05. The number of carbonyl (C=O) groups excluding carboxylic acids is 2. The van der Waals surface area contributed by atoms with Crippen LogP contribution in [0.4, 0.5) is 0 Å². The van der Waals surface area contributed by atoms with E-state index in [4.69, 9.17) is 4.74 Å². The predicted molar refractivity (Wildman–Crippen MR) is 121 cm³/mol. The van der Waals surface area contributed by atoms with Crippen LogP contribution in [0.5, 0.6) is 0 Å². The van der Waals surface area contributed by atoms with Crippen molar-refractivity contribution < 1.29 is 14.3 Å². The van der Waals surface area contributed by atoms with E-state index in [9.17, 15) is 9.59 Å². The smallest absolute Gasteiger partial charge is 0.242 e. The van der Waals surface area contributed by atoms with Gasteiger partial charge in [0.2, 0.25) is 11.8 Å². The van der Waals surface area contributed by atoms with Gasteiger partial charge in [0.25, 0.3) is 0 Å². The van der Waals surface area contributed by atoms with Gasteiger partial charge in [0.15, 0.2) is 0 Å². The molecule has 0 N–H and O–H groups in total. The van der Waals surface area contributed by atoms with Crippen molar-refractivity contribution in [3.63, 3.8) is 0 Å². The molecular formula is C24H32N2O3S. The van der Waals surface area contributed by atoms with Crippen LogP contribution in [0.1, 0.15) is 53.8 Å². The summed E-state index contributed by atoms with van der Waals surface area (Å²) in [5.74, 6) is 0.0568. The second-order valence-corrected chi connectivity index (χ2v) is 8.86. The summed E-state index contributed by atoms with van der Waals surface area (Å²) >= 11 is 1.76. The second-order valence-electron chi connectivity index (χ2n) is 7.86. The summed E-state index contributed by atoms with van der Waals surface area (Å²) in [6.45, 7) is 6.00. The number of rotatable bonds is 9. The molecule has 6 heteroatoms. The van der Waals surface area contributed by atoms with E-state index in [1.165, 1.54) is 16.0 Å². The molecule has 0 aliphatic carbocycles. The van der Waals surface area contributed by atoms with Crippen LogP contribution in [-0.2, 0) is 20.7 Å². The van der Waals surface area contributed by atoms with Crippen molar-refractivity contribution in [2.75, 3.05) is 33.4 Å². The van der Waals surface area contributed by atoms with Gasteiger partial charge < -0.3 is 14.5 Å². The van der Waals surface area contributed by atoms with Crippen molar-refractivity contribution in [1.29, 1.82) is 0 Å². The highest BCUT2D eigenvalue weighted by Gasteiger charge is 2.33. The first-order valence-corrected chi connectivity index (χ1v) is 11.6. The summed E-state index contributed by atoms with van der Waals surface area (Å²) in [5.41, 5.74) is 3.54. The number of ether oxygens (including phenoxy) is 1. The first kappa shape index (κ1) is 22.5. The zero-order valence-electron chi connectivity index (χ0n) is 18.2. The van der Waals surface area contributed by atoms with Crippen LogP contribution in [0.25, 0.3) is 0 Å². The molecule has 0 radical (unpaired) electrons. The van der Waals surface area contributed by atoms with Crippen LogP contribution in [0.15, 0.2) is 35.7 Å². The third kappa shape index (κ3) is 5.29. The Morgan fingerprint density at radius 2 is 2.00 bits per heavy atom. The Bertz CT molecular complexity index is 846. The molecule has 0 saturated heterocycles. The van der Waals surface area contributed by atoms with Crippen molar-refractivity contribution >= 4 is 23.2 Å². The maximum Gasteiger partial charge on any atom is 0.242 e. The van der Waals surface area contributed by atoms with Crippen molar-refractivity contribution in [1.82, 2.24) is 9.80 Å². The summed E-state index contributed by atoms with van der Waals surface area (Å²) in [6, 6.07) is 10.5. The molecule has 1 unspecified atom stereocenters. The number of hydrogen-bond acceptors (Lipinski definition) is 4. The molecule has 1 aliphatic rings. The quantitative estimate of drug-likeness (QED) is 0.563. The van der Waals surface area contributed by atoms with Crippen LogP contribution in [-0.4, -0.2) is 55.0 Å². The highest BCUT2D eigenvalue weighted by atomic mass is 32.1. The molecule has 0 saturated carbocycles. The minimum Gasteiger partial charge on any atom is -0.385 e. The van der Waals surface area contributed by atoms with Crippen LogP contribution >= 0.6 is 11.3 Å². The highest BCUT2D eigenvalue weighted by Crippen LogP contribution is 2.38. The fourth-order valence-electron chi connectivity index (χ4n) is 4.01. The van der Waals surface area contributed by atoms with Gasteiger partial charge in [-0.2, -0.15) is 0 Å². The van der Waals surface area contributed by atoms with E-state index in [0.717, 1.165) is 24.8 Å². The van der Waals surface area contributed by atoms with E-state index in [0.29, 0.717) is 26.1 Å². The van der Waals surface area contributed by atoms with Crippen LogP contribution < -0.4 is 0 Å². The standard InChI is InChI=1S/C24H32N2O3S/c1-4-6-22(27)25(13-5-15-29-3)17-23(28)26-14-11-21-20(12-16-30-21)24(26)19-9-7-18(2)8-10-19/h7-10,12,16,24H,4-6,11,13-15,17H2,1-3H3. The maximum absolute atomic E-state index is 13.4. The first-order chi connectivity index (χ1) is 14.5. The molecule has 1 atom stereocenters. The fraction of sp³-hybridized carbons (Fsp3) is 0.500. The molecule has 0 fully saturated rings. The fourth-order valence-corrected chi connectivity index (χ4v) is 4.91. The summed E-state index contributed by atoms with van der Waals surface area (Å²) < 4.78 is 5.14. The van der Waals surface area contributed by atoms with Crippen molar-refractivity contribution in [2.24, 2.45) is 0 Å². The maximum atomic E-state index is 13.4. The number of methoxy groups -OCH3 is 1. The molecule has 1 aromatic heterocycles. The van der Waals surface area contributed by atoms with Crippen molar-refractivity contribution in [3.8, 4) is 0 Å². The molecular weight excluding hydrogens is 396 g/mol. The summed E-state index contributed by atoms with van der Waals surface area (Å²) in [4.78, 5) is 31.1. The van der Waals surface area contributed by atoms with E-state index in [2.05, 4.69) is 42.6 Å². The highest BCUT2D eigenvalue weighted by molar-refractivity contribution is 7.10. The third-order valence-electron chi connectivity index (χ3n) is 5.60. The van der Waals surface area contributed by atoms with Gasteiger partial charge in [0.05, 0.1) is 12.6 Å². The molecule has 2 heterocycles. The Morgan fingerprint density at radius 3 is 2.70 bits per heavy atom. The number of amides is 2. The summed E-state index contributed by atoms with van der Waals surface area (Å²) in [6.07, 6.45) is 2.85. The van der Waals surface area contributed by atoms with E-state index >= 15 is 0 Å². The molecule has 30 heavy (non-hydrogen) atoms. The molecule has 162 valence electrons. The number of benzene rings is 1. The number of fused-ring (bicyclic) bond motifs is 1. The largest absolute Gasteiger partial charge is 0.385 e. The lowest BCUT2D eigenvalue weighted by Gasteiger charge is -2.37. The minimum atomic E-state index is -0.0878. The Balaban J connectivity index is 1.82. The molecule has 2 aromatic rings. The molecule has 0 spiro atoms. The zero-order chi connectivity index (χ0) is 21.5. The van der Waals surface area contributed by atoms with Gasteiger partial charge in [-0.3, -0.25) is 9.59 Å². The van der Waals surface area contributed by atoms with Crippen LogP contribution in [0, 0.1) is 6.92 Å². The van der Waals surface area contributed by atoms with Gasteiger partial charge in [-0.25, -0.2) is 0 Å². The lowest BCUT2D eigenvalue weighted by Crippen LogP contribution is -2.47. The number of thiophene rings is 1. The predicted octanol–water partition coefficient (Wildman–Crippen LogP) is 4.20. The Hall–Kier alpha value is -2.18. The van der Waals surface area contributed by atoms with Crippen LogP contribution in [0.3, 0.4) is 0 Å². The molecule has 5 nitrogen and oxygen atoms in total. The van der Waals surface area contributed by atoms with E-state index in [1.54, 1.807) is 23.3 Å². The lowest BCUT2D eigenvalue weighted by molar-refractivity contribution is -0.142. The SMILES string of the molecule is CCCC(=O)N(CCCOC)CC(=O)N1CCc2sccc2C1c1ccc(C)cc1. The second kappa shape index (κ2) is 10.7. The molecule has 2 amide bonds. The normalized spacial score (nSPS) is 15.7. The number of carbonyl (C=O) groups is 2. The molecule has 3 rings (SSSR count). The van der Waals surface area contributed by atoms with E-state index in [1.807, 2.05) is 11.8 Å². The number of nitrogens with zero attached hydrogens (tertiary/aromatic N) is 2. The first-order valence-electron chi connectivity index (χ1n) is 10.7. The van der Waals surface area contributed by atoms with Gasteiger partial charge >= 0.3 is 0 Å². The molecule has 0 bridgehead atoms. The monoisotopic (exact) mass is 428 g/mol. The van der Waals surface area contributed by atoms with Gasteiger partial charge in [0.1, 0.15) is 0 Å². The number of aryl methyl sites for hydroxylation is 1.